The first-order valence-corrected chi connectivity index (χ1v) is 6.51. The van der Waals surface area contributed by atoms with Crippen LogP contribution in [0.2, 0.25) is 0 Å². The molecular formula is C11H15F3N2S. The lowest BCUT2D eigenvalue weighted by atomic mass is 9.76. The maximum absolute atomic E-state index is 12.6. The molecule has 0 saturated heterocycles. The lowest BCUT2D eigenvalue weighted by molar-refractivity contribution is -0.185. The fraction of sp³-hybridized carbons (Fsp3) is 0.727. The molecule has 1 heterocycles. The molecule has 1 N–H and O–H groups in total. The summed E-state index contributed by atoms with van der Waals surface area (Å²) in [5.41, 5.74) is -0.351. The standard InChI is InChI=1S/C11H15F3N2S/c1-15-10(9-16-6-7-17-9)4-2-8(3-5-10)11(12,13)14/h6-8,15H,2-5H2,1H3. The van der Waals surface area contributed by atoms with Crippen molar-refractivity contribution in [3.63, 3.8) is 0 Å². The van der Waals surface area contributed by atoms with Crippen LogP contribution in [-0.2, 0) is 5.54 Å². The zero-order valence-electron chi connectivity index (χ0n) is 9.55. The summed E-state index contributed by atoms with van der Waals surface area (Å²) in [5, 5.41) is 5.94. The number of nitrogens with one attached hydrogen (secondary N) is 1. The Morgan fingerprint density at radius 3 is 2.47 bits per heavy atom. The predicted octanol–water partition coefficient (Wildman–Crippen LogP) is 3.31. The predicted molar refractivity (Wildman–Crippen MR) is 60.9 cm³/mol. The number of alkyl halides is 3. The zero-order valence-corrected chi connectivity index (χ0v) is 10.4. The number of rotatable bonds is 2. The maximum atomic E-state index is 12.6. The molecule has 0 unspecified atom stereocenters. The van der Waals surface area contributed by atoms with Crippen molar-refractivity contribution >= 4 is 11.3 Å². The summed E-state index contributed by atoms with van der Waals surface area (Å²) >= 11 is 1.51. The lowest BCUT2D eigenvalue weighted by Crippen LogP contribution is -2.45. The van der Waals surface area contributed by atoms with Crippen LogP contribution in [0.15, 0.2) is 11.6 Å². The van der Waals surface area contributed by atoms with Crippen LogP contribution in [0.3, 0.4) is 0 Å². The van der Waals surface area contributed by atoms with Gasteiger partial charge in [-0.1, -0.05) is 0 Å². The van der Waals surface area contributed by atoms with Crippen molar-refractivity contribution in [2.24, 2.45) is 5.92 Å². The second-order valence-corrected chi connectivity index (χ2v) is 5.38. The Bertz CT molecular complexity index is 353. The molecule has 0 amide bonds. The van der Waals surface area contributed by atoms with E-state index in [1.54, 1.807) is 13.2 Å². The van der Waals surface area contributed by atoms with Crippen LogP contribution >= 0.6 is 11.3 Å². The van der Waals surface area contributed by atoms with E-state index in [1.807, 2.05) is 5.38 Å². The molecule has 17 heavy (non-hydrogen) atoms. The van der Waals surface area contributed by atoms with Crippen molar-refractivity contribution in [1.29, 1.82) is 0 Å². The first kappa shape index (κ1) is 12.8. The molecule has 1 saturated carbocycles. The normalized spacial score (nSPS) is 30.5. The van der Waals surface area contributed by atoms with Gasteiger partial charge in [0, 0.05) is 11.6 Å². The Labute approximate surface area is 102 Å². The van der Waals surface area contributed by atoms with E-state index < -0.39 is 12.1 Å². The van der Waals surface area contributed by atoms with Crippen molar-refractivity contribution in [3.05, 3.63) is 16.6 Å². The zero-order chi connectivity index (χ0) is 12.5. The molecule has 0 aromatic carbocycles. The van der Waals surface area contributed by atoms with Crippen LogP contribution in [-0.4, -0.2) is 18.2 Å². The molecular weight excluding hydrogens is 249 g/mol. The van der Waals surface area contributed by atoms with Gasteiger partial charge in [-0.15, -0.1) is 11.3 Å². The lowest BCUT2D eigenvalue weighted by Gasteiger charge is -2.39. The Hall–Kier alpha value is -0.620. The summed E-state index contributed by atoms with van der Waals surface area (Å²) < 4.78 is 37.8. The van der Waals surface area contributed by atoms with Gasteiger partial charge in [0.1, 0.15) is 5.01 Å². The smallest absolute Gasteiger partial charge is 0.308 e. The van der Waals surface area contributed by atoms with E-state index in [0.717, 1.165) is 5.01 Å². The van der Waals surface area contributed by atoms with E-state index in [9.17, 15) is 13.2 Å². The van der Waals surface area contributed by atoms with E-state index in [2.05, 4.69) is 10.3 Å². The highest BCUT2D eigenvalue weighted by atomic mass is 32.1. The molecule has 1 aliphatic carbocycles. The van der Waals surface area contributed by atoms with Crippen molar-refractivity contribution in [1.82, 2.24) is 10.3 Å². The molecule has 6 heteroatoms. The van der Waals surface area contributed by atoms with Gasteiger partial charge in [0.25, 0.3) is 0 Å². The third kappa shape index (κ3) is 2.47. The quantitative estimate of drug-likeness (QED) is 0.886. The number of thiazole rings is 1. The van der Waals surface area contributed by atoms with Gasteiger partial charge >= 0.3 is 6.18 Å². The molecule has 1 aromatic rings. The number of hydrogen-bond donors (Lipinski definition) is 1. The van der Waals surface area contributed by atoms with Crippen LogP contribution in [0.4, 0.5) is 13.2 Å². The van der Waals surface area contributed by atoms with Gasteiger partial charge in [-0.05, 0) is 32.7 Å². The summed E-state index contributed by atoms with van der Waals surface area (Å²) in [4.78, 5) is 4.24. The molecule has 0 aliphatic heterocycles. The van der Waals surface area contributed by atoms with Gasteiger partial charge < -0.3 is 5.32 Å². The van der Waals surface area contributed by atoms with Gasteiger partial charge in [-0.3, -0.25) is 0 Å². The minimum absolute atomic E-state index is 0.184. The van der Waals surface area contributed by atoms with Crippen LogP contribution < -0.4 is 5.32 Å². The number of aromatic nitrogens is 1. The third-order valence-electron chi connectivity index (χ3n) is 3.62. The van der Waals surface area contributed by atoms with Gasteiger partial charge in [0.2, 0.25) is 0 Å². The van der Waals surface area contributed by atoms with Crippen molar-refractivity contribution in [2.75, 3.05) is 7.05 Å². The van der Waals surface area contributed by atoms with E-state index in [-0.39, 0.29) is 18.4 Å². The first-order chi connectivity index (χ1) is 7.98. The Morgan fingerprint density at radius 2 is 2.06 bits per heavy atom. The SMILES string of the molecule is CNC1(c2nccs2)CCC(C(F)(F)F)CC1. The molecule has 0 bridgehead atoms. The average molecular weight is 264 g/mol. The van der Waals surface area contributed by atoms with E-state index in [0.29, 0.717) is 12.8 Å². The van der Waals surface area contributed by atoms with Gasteiger partial charge in [0.15, 0.2) is 0 Å². The molecule has 0 atom stereocenters. The summed E-state index contributed by atoms with van der Waals surface area (Å²) in [5.74, 6) is -1.15. The second kappa shape index (κ2) is 4.57. The third-order valence-corrected chi connectivity index (χ3v) is 4.60. The fourth-order valence-corrected chi connectivity index (χ4v) is 3.37. The van der Waals surface area contributed by atoms with Gasteiger partial charge in [-0.25, -0.2) is 4.98 Å². The summed E-state index contributed by atoms with van der Waals surface area (Å²) in [6, 6.07) is 0. The molecule has 1 aliphatic rings. The molecule has 1 fully saturated rings. The highest BCUT2D eigenvalue weighted by Crippen LogP contribution is 2.45. The second-order valence-electron chi connectivity index (χ2n) is 4.49. The topological polar surface area (TPSA) is 24.9 Å². The minimum Gasteiger partial charge on any atom is -0.308 e. The molecule has 96 valence electrons. The van der Waals surface area contributed by atoms with Crippen molar-refractivity contribution < 1.29 is 13.2 Å². The molecule has 2 nitrogen and oxygen atoms in total. The van der Waals surface area contributed by atoms with E-state index >= 15 is 0 Å². The van der Waals surface area contributed by atoms with Crippen LogP contribution in [0.25, 0.3) is 0 Å². The van der Waals surface area contributed by atoms with E-state index in [4.69, 9.17) is 0 Å². The number of nitrogens with zero attached hydrogens (tertiary/aromatic N) is 1. The summed E-state index contributed by atoms with van der Waals surface area (Å²) in [6.07, 6.45) is -0.978. The highest BCUT2D eigenvalue weighted by molar-refractivity contribution is 7.09. The largest absolute Gasteiger partial charge is 0.391 e. The van der Waals surface area contributed by atoms with Crippen LogP contribution in [0, 0.1) is 5.92 Å². The maximum Gasteiger partial charge on any atom is 0.391 e. The molecule has 0 radical (unpaired) electrons. The molecule has 2 rings (SSSR count). The Kier molecular flexibility index (Phi) is 3.45. The minimum atomic E-state index is -4.05. The fourth-order valence-electron chi connectivity index (χ4n) is 2.47. The molecule has 0 spiro atoms. The highest BCUT2D eigenvalue weighted by Gasteiger charge is 2.46. The van der Waals surface area contributed by atoms with Gasteiger partial charge in [-0.2, -0.15) is 13.2 Å². The van der Waals surface area contributed by atoms with Gasteiger partial charge in [0.05, 0.1) is 11.5 Å². The van der Waals surface area contributed by atoms with Crippen LogP contribution in [0.5, 0.6) is 0 Å². The average Bonchev–Trinajstić information content (AvgIpc) is 2.82. The van der Waals surface area contributed by atoms with E-state index in [1.165, 1.54) is 11.3 Å². The van der Waals surface area contributed by atoms with Crippen LogP contribution in [0.1, 0.15) is 30.7 Å². The van der Waals surface area contributed by atoms with Crippen molar-refractivity contribution in [3.8, 4) is 0 Å². The number of halogens is 3. The molecule has 1 aromatic heterocycles. The first-order valence-electron chi connectivity index (χ1n) is 5.63. The monoisotopic (exact) mass is 264 g/mol. The Balaban J connectivity index is 2.10. The number of hydrogen-bond acceptors (Lipinski definition) is 3. The summed E-state index contributed by atoms with van der Waals surface area (Å²) in [6.45, 7) is 0. The van der Waals surface area contributed by atoms with Crippen molar-refractivity contribution in [2.45, 2.75) is 37.4 Å². The summed E-state index contributed by atoms with van der Waals surface area (Å²) in [7, 11) is 1.80. The Morgan fingerprint density at radius 1 is 1.41 bits per heavy atom.